The van der Waals surface area contributed by atoms with E-state index in [1.54, 1.807) is 13.8 Å². The topological polar surface area (TPSA) is 99.2 Å². The van der Waals surface area contributed by atoms with Gasteiger partial charge in [0.25, 0.3) is 0 Å². The summed E-state index contributed by atoms with van der Waals surface area (Å²) in [6, 6.07) is 10.0. The van der Waals surface area contributed by atoms with Crippen molar-refractivity contribution in [3.63, 3.8) is 0 Å². The van der Waals surface area contributed by atoms with Gasteiger partial charge in [0.05, 0.1) is 16.8 Å². The molecule has 3 aliphatic rings. The minimum Gasteiger partial charge on any atom is -0.384 e. The molecule has 3 N–H and O–H groups in total. The largest absolute Gasteiger partial charge is 0.418 e. The number of carbonyl (C=O) groups is 2. The molecule has 0 unspecified atom stereocenters. The summed E-state index contributed by atoms with van der Waals surface area (Å²) in [5.41, 5.74) is 1.96. The van der Waals surface area contributed by atoms with E-state index in [2.05, 4.69) is 5.32 Å². The van der Waals surface area contributed by atoms with Gasteiger partial charge < -0.3 is 11.1 Å². The zero-order valence-electron chi connectivity index (χ0n) is 19.3. The number of carbonyl (C=O) groups excluding carboxylic acids is 2. The summed E-state index contributed by atoms with van der Waals surface area (Å²) in [6.45, 7) is 3.55. The predicted molar refractivity (Wildman–Crippen MR) is 123 cm³/mol. The van der Waals surface area contributed by atoms with E-state index in [4.69, 9.17) is 5.73 Å². The summed E-state index contributed by atoms with van der Waals surface area (Å²) in [5, 5.41) is 12.8. The van der Waals surface area contributed by atoms with Crippen molar-refractivity contribution in [2.75, 3.05) is 10.2 Å². The number of nitriles is 1. The number of alkyl halides is 3. The number of benzene rings is 2. The van der Waals surface area contributed by atoms with E-state index in [-0.39, 0.29) is 41.1 Å². The Morgan fingerprint density at radius 2 is 1.81 bits per heavy atom. The number of anilines is 2. The second kappa shape index (κ2) is 7.43. The van der Waals surface area contributed by atoms with Gasteiger partial charge >= 0.3 is 6.18 Å². The molecule has 2 heterocycles. The third-order valence-corrected chi connectivity index (χ3v) is 6.91. The lowest BCUT2D eigenvalue weighted by atomic mass is 9.60. The quantitative estimate of drug-likeness (QED) is 0.548. The van der Waals surface area contributed by atoms with Crippen LogP contribution in [0, 0.1) is 22.6 Å². The van der Waals surface area contributed by atoms with E-state index in [1.807, 2.05) is 6.07 Å². The summed E-state index contributed by atoms with van der Waals surface area (Å²) in [6.07, 6.45) is -4.72. The SMILES string of the molecule is CC1(C)CC(=O)C2=C(C1)N(c1ccccc1C(F)(F)F)C(N)=C(C#N)[C@@]21C(=O)Nc2ccc(F)cc21. The van der Waals surface area contributed by atoms with Gasteiger partial charge in [-0.3, -0.25) is 14.5 Å². The lowest BCUT2D eigenvalue weighted by Crippen LogP contribution is -2.52. The number of para-hydroxylation sites is 1. The Labute approximate surface area is 203 Å². The minimum atomic E-state index is -4.77. The van der Waals surface area contributed by atoms with Crippen LogP contribution in [0.25, 0.3) is 0 Å². The number of Topliss-reactive ketones (excluding diaryl/α,β-unsaturated/α-hetero) is 1. The standard InChI is InChI=1S/C26H20F4N4O2/c1-24(2)10-19-21(20(35)11-24)25(15-9-13(27)7-8-17(15)33-23(25)36)16(12-31)22(32)34(19)18-6-4-3-5-14(18)26(28,29)30/h3-9H,10-11,32H2,1-2H3,(H,33,36)/t25-/m1/s1. The monoisotopic (exact) mass is 496 g/mol. The number of nitrogens with two attached hydrogens (primary N) is 1. The van der Waals surface area contributed by atoms with Crippen LogP contribution in [-0.4, -0.2) is 11.7 Å². The molecule has 1 amide bonds. The fourth-order valence-electron chi connectivity index (χ4n) is 5.57. The fraction of sp³-hybridized carbons (Fsp3) is 0.269. The Bertz CT molecular complexity index is 1470. The smallest absolute Gasteiger partial charge is 0.384 e. The van der Waals surface area contributed by atoms with Crippen LogP contribution in [0.1, 0.15) is 37.8 Å². The molecule has 184 valence electrons. The predicted octanol–water partition coefficient (Wildman–Crippen LogP) is 4.89. The van der Waals surface area contributed by atoms with Crippen molar-refractivity contribution >= 4 is 23.1 Å². The van der Waals surface area contributed by atoms with Gasteiger partial charge in [0, 0.05) is 28.9 Å². The molecule has 1 aliphatic carbocycles. The van der Waals surface area contributed by atoms with E-state index >= 15 is 0 Å². The van der Waals surface area contributed by atoms with Gasteiger partial charge in [-0.1, -0.05) is 26.0 Å². The van der Waals surface area contributed by atoms with Crippen LogP contribution in [-0.2, 0) is 21.2 Å². The molecular weight excluding hydrogens is 476 g/mol. The van der Waals surface area contributed by atoms with E-state index in [1.165, 1.54) is 24.3 Å². The molecule has 2 aromatic carbocycles. The number of halogens is 4. The third kappa shape index (κ3) is 3.08. The van der Waals surface area contributed by atoms with Crippen LogP contribution in [0.4, 0.5) is 28.9 Å². The number of nitrogens with one attached hydrogen (secondary N) is 1. The van der Waals surface area contributed by atoms with Crippen molar-refractivity contribution in [3.8, 4) is 6.07 Å². The number of fused-ring (bicyclic) bond motifs is 3. The Morgan fingerprint density at radius 3 is 2.47 bits per heavy atom. The summed E-state index contributed by atoms with van der Waals surface area (Å²) < 4.78 is 56.5. The summed E-state index contributed by atoms with van der Waals surface area (Å²) in [4.78, 5) is 28.4. The first-order chi connectivity index (χ1) is 16.8. The first kappa shape index (κ1) is 23.6. The van der Waals surface area contributed by atoms with Gasteiger partial charge in [-0.2, -0.15) is 18.4 Å². The van der Waals surface area contributed by atoms with Crippen molar-refractivity contribution in [1.82, 2.24) is 0 Å². The highest BCUT2D eigenvalue weighted by molar-refractivity contribution is 6.20. The molecule has 0 saturated heterocycles. The van der Waals surface area contributed by atoms with Crippen molar-refractivity contribution in [2.24, 2.45) is 11.1 Å². The molecule has 2 aromatic rings. The second-order valence-electron chi connectivity index (χ2n) is 9.88. The molecule has 0 bridgehead atoms. The molecule has 1 spiro atoms. The molecule has 10 heteroatoms. The Hall–Kier alpha value is -4.13. The molecule has 0 radical (unpaired) electrons. The van der Waals surface area contributed by atoms with Gasteiger partial charge in [0.2, 0.25) is 5.91 Å². The van der Waals surface area contributed by atoms with Crippen LogP contribution in [0.15, 0.2) is 65.1 Å². The van der Waals surface area contributed by atoms with Crippen molar-refractivity contribution in [1.29, 1.82) is 5.26 Å². The highest BCUT2D eigenvalue weighted by Gasteiger charge is 2.61. The average Bonchev–Trinajstić information content (AvgIpc) is 3.04. The van der Waals surface area contributed by atoms with Crippen LogP contribution in [0.5, 0.6) is 0 Å². The highest BCUT2D eigenvalue weighted by atomic mass is 19.4. The highest BCUT2D eigenvalue weighted by Crippen LogP contribution is 2.57. The van der Waals surface area contributed by atoms with Crippen LogP contribution in [0.3, 0.4) is 0 Å². The molecule has 0 saturated carbocycles. The molecule has 2 aliphatic heterocycles. The summed E-state index contributed by atoms with van der Waals surface area (Å²) in [7, 11) is 0. The van der Waals surface area contributed by atoms with E-state index in [0.29, 0.717) is 0 Å². The van der Waals surface area contributed by atoms with E-state index in [9.17, 15) is 32.4 Å². The average molecular weight is 496 g/mol. The number of allylic oxidation sites excluding steroid dienone is 1. The zero-order valence-corrected chi connectivity index (χ0v) is 19.3. The lowest BCUT2D eigenvalue weighted by molar-refractivity contribution is -0.137. The van der Waals surface area contributed by atoms with Gasteiger partial charge in [-0.25, -0.2) is 4.39 Å². The molecular formula is C26H20F4N4O2. The van der Waals surface area contributed by atoms with Crippen molar-refractivity contribution < 1.29 is 27.2 Å². The zero-order chi connectivity index (χ0) is 26.2. The molecule has 0 aromatic heterocycles. The first-order valence-corrected chi connectivity index (χ1v) is 11.1. The van der Waals surface area contributed by atoms with Crippen LogP contribution >= 0.6 is 0 Å². The van der Waals surface area contributed by atoms with Crippen molar-refractivity contribution in [3.05, 3.63) is 82.1 Å². The molecule has 6 nitrogen and oxygen atoms in total. The molecule has 0 fully saturated rings. The second-order valence-corrected chi connectivity index (χ2v) is 9.88. The maximum absolute atomic E-state index is 14.4. The maximum Gasteiger partial charge on any atom is 0.418 e. The number of rotatable bonds is 1. The van der Waals surface area contributed by atoms with Gasteiger partial charge in [-0.15, -0.1) is 0 Å². The minimum absolute atomic E-state index is 0.0244. The van der Waals surface area contributed by atoms with Gasteiger partial charge in [0.1, 0.15) is 23.1 Å². The molecule has 5 rings (SSSR count). The number of amides is 1. The molecule has 1 atom stereocenters. The third-order valence-electron chi connectivity index (χ3n) is 6.91. The Balaban J connectivity index is 1.93. The Morgan fingerprint density at radius 1 is 1.11 bits per heavy atom. The number of nitrogens with zero attached hydrogens (tertiary/aromatic N) is 2. The van der Waals surface area contributed by atoms with Gasteiger partial charge in [-0.05, 0) is 42.2 Å². The number of hydrogen-bond donors (Lipinski definition) is 2. The summed E-state index contributed by atoms with van der Waals surface area (Å²) >= 11 is 0. The van der Waals surface area contributed by atoms with E-state index < -0.39 is 51.5 Å². The van der Waals surface area contributed by atoms with Crippen molar-refractivity contribution in [2.45, 2.75) is 38.3 Å². The van der Waals surface area contributed by atoms with E-state index in [0.717, 1.165) is 23.1 Å². The lowest BCUT2D eigenvalue weighted by Gasteiger charge is -2.47. The number of hydrogen-bond acceptors (Lipinski definition) is 5. The maximum atomic E-state index is 14.4. The number of ketones is 1. The fourth-order valence-corrected chi connectivity index (χ4v) is 5.57. The normalized spacial score (nSPS) is 23.0. The Kier molecular flexibility index (Phi) is 4.87. The van der Waals surface area contributed by atoms with Crippen LogP contribution in [0.2, 0.25) is 0 Å². The molecule has 36 heavy (non-hydrogen) atoms. The van der Waals surface area contributed by atoms with Crippen LogP contribution < -0.4 is 16.0 Å². The first-order valence-electron chi connectivity index (χ1n) is 11.1. The van der Waals surface area contributed by atoms with Gasteiger partial charge in [0.15, 0.2) is 5.78 Å². The summed E-state index contributed by atoms with van der Waals surface area (Å²) in [5.74, 6) is -2.45.